The maximum atomic E-state index is 13.0. The Morgan fingerprint density at radius 2 is 2.00 bits per heavy atom. The summed E-state index contributed by atoms with van der Waals surface area (Å²) in [6, 6.07) is 2.39. The lowest BCUT2D eigenvalue weighted by atomic mass is 9.96. The van der Waals surface area contributed by atoms with Crippen molar-refractivity contribution in [2.24, 2.45) is 0 Å². The van der Waals surface area contributed by atoms with Crippen LogP contribution < -0.4 is 0 Å². The van der Waals surface area contributed by atoms with Gasteiger partial charge in [-0.3, -0.25) is 0 Å². The van der Waals surface area contributed by atoms with Crippen molar-refractivity contribution in [2.75, 3.05) is 6.61 Å². The summed E-state index contributed by atoms with van der Waals surface area (Å²) in [6.45, 7) is 4.35. The van der Waals surface area contributed by atoms with Crippen LogP contribution in [0.1, 0.15) is 12.5 Å². The maximum absolute atomic E-state index is 13.0. The van der Waals surface area contributed by atoms with Gasteiger partial charge in [-0.25, -0.2) is 13.6 Å². The van der Waals surface area contributed by atoms with E-state index in [1.807, 2.05) is 0 Å². The van der Waals surface area contributed by atoms with E-state index in [2.05, 4.69) is 11.3 Å². The zero-order valence-corrected chi connectivity index (χ0v) is 9.24. The summed E-state index contributed by atoms with van der Waals surface area (Å²) < 4.78 is 30.5. The molecule has 1 atom stereocenters. The van der Waals surface area contributed by atoms with Gasteiger partial charge in [0.1, 0.15) is 18.2 Å². The van der Waals surface area contributed by atoms with Crippen LogP contribution in [0.4, 0.5) is 8.78 Å². The summed E-state index contributed by atoms with van der Waals surface area (Å²) in [4.78, 5) is 11.5. The number of hydrogen-bond donors (Lipinski definition) is 1. The highest BCUT2D eigenvalue weighted by Gasteiger charge is 2.34. The molecule has 1 aromatic carbocycles. The van der Waals surface area contributed by atoms with Crippen LogP contribution in [0.2, 0.25) is 0 Å². The van der Waals surface area contributed by atoms with Gasteiger partial charge in [-0.05, 0) is 19.1 Å². The zero-order valence-electron chi connectivity index (χ0n) is 9.24. The second kappa shape index (κ2) is 5.05. The molecule has 0 fully saturated rings. The molecule has 3 nitrogen and oxygen atoms in total. The van der Waals surface area contributed by atoms with E-state index in [0.717, 1.165) is 19.1 Å². The maximum Gasteiger partial charge on any atom is 0.342 e. The highest BCUT2D eigenvalue weighted by atomic mass is 19.1. The number of hydrogen-bond acceptors (Lipinski definition) is 3. The Morgan fingerprint density at radius 3 is 2.47 bits per heavy atom. The standard InChI is InChI=1S/C12H12F2O3/c1-3-4-17-11(15)12(2,16)8-5-9(13)7-10(14)6-8/h3,5-7,16H,1,4H2,2H3. The molecule has 1 unspecified atom stereocenters. The monoisotopic (exact) mass is 242 g/mol. The molecule has 17 heavy (non-hydrogen) atoms. The van der Waals surface area contributed by atoms with Crippen molar-refractivity contribution in [1.29, 1.82) is 0 Å². The fourth-order valence-electron chi connectivity index (χ4n) is 1.23. The lowest BCUT2D eigenvalue weighted by Gasteiger charge is -2.21. The molecule has 0 aliphatic heterocycles. The van der Waals surface area contributed by atoms with Crippen molar-refractivity contribution in [2.45, 2.75) is 12.5 Å². The van der Waals surface area contributed by atoms with Gasteiger partial charge in [-0.15, -0.1) is 0 Å². The number of carbonyl (C=O) groups is 1. The molecule has 92 valence electrons. The van der Waals surface area contributed by atoms with Gasteiger partial charge < -0.3 is 9.84 Å². The summed E-state index contributed by atoms with van der Waals surface area (Å²) in [5.74, 6) is -2.75. The molecular weight excluding hydrogens is 230 g/mol. The van der Waals surface area contributed by atoms with E-state index >= 15 is 0 Å². The van der Waals surface area contributed by atoms with E-state index in [0.29, 0.717) is 6.07 Å². The zero-order chi connectivity index (χ0) is 13.1. The highest BCUT2D eigenvalue weighted by molar-refractivity contribution is 5.80. The Labute approximate surface area is 97.3 Å². The van der Waals surface area contributed by atoms with Crippen LogP contribution in [0.5, 0.6) is 0 Å². The van der Waals surface area contributed by atoms with Crippen molar-refractivity contribution in [3.8, 4) is 0 Å². The smallest absolute Gasteiger partial charge is 0.342 e. The van der Waals surface area contributed by atoms with Gasteiger partial charge in [0.05, 0.1) is 0 Å². The summed E-state index contributed by atoms with van der Waals surface area (Å²) in [7, 11) is 0. The molecule has 1 aromatic rings. The summed E-state index contributed by atoms with van der Waals surface area (Å²) in [5.41, 5.74) is -2.31. The minimum atomic E-state index is -2.11. The van der Waals surface area contributed by atoms with Crippen molar-refractivity contribution < 1.29 is 23.4 Å². The molecule has 0 amide bonds. The van der Waals surface area contributed by atoms with E-state index in [9.17, 15) is 18.7 Å². The van der Waals surface area contributed by atoms with Gasteiger partial charge in [0.15, 0.2) is 5.60 Å². The number of benzene rings is 1. The number of aliphatic hydroxyl groups is 1. The Balaban J connectivity index is 3.02. The van der Waals surface area contributed by atoms with Crippen LogP contribution in [-0.2, 0) is 15.1 Å². The first-order valence-electron chi connectivity index (χ1n) is 4.85. The molecule has 0 saturated carbocycles. The summed E-state index contributed by atoms with van der Waals surface area (Å²) >= 11 is 0. The SMILES string of the molecule is C=CCOC(=O)C(C)(O)c1cc(F)cc(F)c1. The van der Waals surface area contributed by atoms with Crippen LogP contribution in [0.15, 0.2) is 30.9 Å². The van der Waals surface area contributed by atoms with E-state index in [1.54, 1.807) is 0 Å². The van der Waals surface area contributed by atoms with Crippen LogP contribution in [0.25, 0.3) is 0 Å². The second-order valence-corrected chi connectivity index (χ2v) is 3.62. The molecule has 1 rings (SSSR count). The average Bonchev–Trinajstić information content (AvgIpc) is 2.24. The van der Waals surface area contributed by atoms with Crippen LogP contribution >= 0.6 is 0 Å². The molecule has 0 aliphatic rings. The lowest BCUT2D eigenvalue weighted by molar-refractivity contribution is -0.163. The van der Waals surface area contributed by atoms with Crippen molar-refractivity contribution in [1.82, 2.24) is 0 Å². The van der Waals surface area contributed by atoms with E-state index in [4.69, 9.17) is 0 Å². The van der Waals surface area contributed by atoms with E-state index in [-0.39, 0.29) is 12.2 Å². The molecule has 0 radical (unpaired) electrons. The molecule has 0 saturated heterocycles. The third-order valence-corrected chi connectivity index (χ3v) is 2.15. The molecule has 5 heteroatoms. The van der Waals surface area contributed by atoms with Gasteiger partial charge in [0.25, 0.3) is 0 Å². The summed E-state index contributed by atoms with van der Waals surface area (Å²) in [5, 5.41) is 9.89. The molecule has 0 spiro atoms. The van der Waals surface area contributed by atoms with Gasteiger partial charge >= 0.3 is 5.97 Å². The fraction of sp³-hybridized carbons (Fsp3) is 0.250. The molecule has 0 heterocycles. The predicted molar refractivity (Wildman–Crippen MR) is 57.1 cm³/mol. The van der Waals surface area contributed by atoms with E-state index in [1.165, 1.54) is 6.08 Å². The lowest BCUT2D eigenvalue weighted by Crippen LogP contribution is -2.34. The quantitative estimate of drug-likeness (QED) is 0.648. The Kier molecular flexibility index (Phi) is 3.96. The first-order chi connectivity index (χ1) is 7.87. The normalized spacial score (nSPS) is 13.9. The van der Waals surface area contributed by atoms with Crippen molar-refractivity contribution in [3.63, 3.8) is 0 Å². The molecule has 0 bridgehead atoms. The third kappa shape index (κ3) is 3.10. The minimum absolute atomic E-state index is 0.0905. The van der Waals surface area contributed by atoms with Gasteiger partial charge in [0.2, 0.25) is 0 Å². The number of esters is 1. The number of halogens is 2. The highest BCUT2D eigenvalue weighted by Crippen LogP contribution is 2.24. The number of rotatable bonds is 4. The third-order valence-electron chi connectivity index (χ3n) is 2.15. The van der Waals surface area contributed by atoms with Gasteiger partial charge in [-0.2, -0.15) is 0 Å². The average molecular weight is 242 g/mol. The van der Waals surface area contributed by atoms with Crippen molar-refractivity contribution >= 4 is 5.97 Å². The van der Waals surface area contributed by atoms with Crippen molar-refractivity contribution in [3.05, 3.63) is 48.1 Å². The molecule has 0 aromatic heterocycles. The topological polar surface area (TPSA) is 46.5 Å². The number of carbonyl (C=O) groups excluding carboxylic acids is 1. The minimum Gasteiger partial charge on any atom is -0.459 e. The predicted octanol–water partition coefficient (Wildman–Crippen LogP) is 1.90. The van der Waals surface area contributed by atoms with Crippen LogP contribution in [0.3, 0.4) is 0 Å². The molecule has 0 aliphatic carbocycles. The van der Waals surface area contributed by atoms with Crippen LogP contribution in [-0.4, -0.2) is 17.7 Å². The summed E-state index contributed by atoms with van der Waals surface area (Å²) in [6.07, 6.45) is 1.32. The fourth-order valence-corrected chi connectivity index (χ4v) is 1.23. The van der Waals surface area contributed by atoms with Crippen LogP contribution in [0, 0.1) is 11.6 Å². The first kappa shape index (κ1) is 13.3. The van der Waals surface area contributed by atoms with Gasteiger partial charge in [0, 0.05) is 11.6 Å². The largest absolute Gasteiger partial charge is 0.459 e. The second-order valence-electron chi connectivity index (χ2n) is 3.62. The number of ether oxygens (including phenoxy) is 1. The van der Waals surface area contributed by atoms with E-state index < -0.39 is 23.2 Å². The first-order valence-corrected chi connectivity index (χ1v) is 4.85. The van der Waals surface area contributed by atoms with Gasteiger partial charge in [-0.1, -0.05) is 12.7 Å². The Bertz CT molecular complexity index is 421. The Hall–Kier alpha value is -1.75. The molecular formula is C12H12F2O3. The molecule has 1 N–H and O–H groups in total. The Morgan fingerprint density at radius 1 is 1.47 bits per heavy atom.